The van der Waals surface area contributed by atoms with E-state index in [1.54, 1.807) is 18.2 Å². The molecule has 14 heteroatoms. The molecule has 3 spiro atoms. The van der Waals surface area contributed by atoms with E-state index in [-0.39, 0.29) is 54.6 Å². The maximum atomic E-state index is 12.9. The number of ether oxygens (including phenoxy) is 7. The van der Waals surface area contributed by atoms with Crippen LogP contribution in [0.15, 0.2) is 102 Å². The van der Waals surface area contributed by atoms with Gasteiger partial charge in [-0.3, -0.25) is 0 Å². The van der Waals surface area contributed by atoms with Gasteiger partial charge in [0, 0.05) is 32.1 Å². The van der Waals surface area contributed by atoms with Crippen LogP contribution in [-0.2, 0) is 61.9 Å². The molecule has 14 nitrogen and oxygen atoms in total. The molecule has 0 aromatic heterocycles. The Bertz CT molecular complexity index is 1690. The Morgan fingerprint density at radius 1 is 0.740 bits per heavy atom. The van der Waals surface area contributed by atoms with E-state index >= 15 is 0 Å². The number of aliphatic hydroxyl groups is 1. The fourth-order valence-electron chi connectivity index (χ4n) is 6.12. The fraction of sp³-hybridized carbons (Fsp3) is 0.361. The molecule has 0 bridgehead atoms. The zero-order valence-corrected chi connectivity index (χ0v) is 27.0. The highest BCUT2D eigenvalue weighted by molar-refractivity contribution is 6.16. The van der Waals surface area contributed by atoms with Crippen molar-refractivity contribution in [3.63, 3.8) is 0 Å². The second-order valence-electron chi connectivity index (χ2n) is 11.8. The van der Waals surface area contributed by atoms with Gasteiger partial charge in [0.1, 0.15) is 22.5 Å². The summed E-state index contributed by atoms with van der Waals surface area (Å²) in [7, 11) is 0. The molecule has 0 aromatic rings. The predicted octanol–water partition coefficient (Wildman–Crippen LogP) is 4.36. The average Bonchev–Trinajstić information content (AvgIpc) is 3.07. The monoisotopic (exact) mass is 690 g/mol. The Balaban J connectivity index is 1.18. The minimum atomic E-state index is -1.61. The van der Waals surface area contributed by atoms with Crippen molar-refractivity contribution in [3.05, 3.63) is 102 Å². The fourth-order valence-corrected chi connectivity index (χ4v) is 6.12. The first-order chi connectivity index (χ1) is 24.0. The van der Waals surface area contributed by atoms with Crippen LogP contribution < -0.4 is 0 Å². The zero-order valence-electron chi connectivity index (χ0n) is 27.0. The molecule has 1 unspecified atom stereocenters. The summed E-state index contributed by atoms with van der Waals surface area (Å²) < 4.78 is 38.4. The van der Waals surface area contributed by atoms with E-state index in [1.807, 2.05) is 6.92 Å². The van der Waals surface area contributed by atoms with Gasteiger partial charge in [0.2, 0.25) is 0 Å². The molecule has 0 amide bonds. The van der Waals surface area contributed by atoms with Crippen molar-refractivity contribution >= 4 is 35.8 Å². The Kier molecular flexibility index (Phi) is 10.4. The molecule has 4 fully saturated rings. The van der Waals surface area contributed by atoms with Gasteiger partial charge in [0.15, 0.2) is 12.2 Å². The molecule has 2 saturated carbocycles. The van der Waals surface area contributed by atoms with Gasteiger partial charge in [-0.2, -0.15) is 0 Å². The van der Waals surface area contributed by atoms with Gasteiger partial charge in [-0.1, -0.05) is 55.5 Å². The molecule has 50 heavy (non-hydrogen) atoms. The number of rotatable bonds is 8. The quantitative estimate of drug-likeness (QED) is 0.0720. The molecule has 3 aliphatic heterocycles. The van der Waals surface area contributed by atoms with Gasteiger partial charge in [0.25, 0.3) is 23.3 Å². The smallest absolute Gasteiger partial charge is 0.348 e. The molecule has 2 aliphatic carbocycles. The lowest BCUT2D eigenvalue weighted by atomic mass is 9.81. The highest BCUT2D eigenvalue weighted by Crippen LogP contribution is 2.46. The van der Waals surface area contributed by atoms with Gasteiger partial charge >= 0.3 is 29.8 Å². The normalized spacial score (nSPS) is 29.9. The van der Waals surface area contributed by atoms with Crippen molar-refractivity contribution in [1.82, 2.24) is 0 Å². The zero-order chi connectivity index (χ0) is 35.9. The number of esters is 5. The molecule has 2 saturated heterocycles. The van der Waals surface area contributed by atoms with Crippen molar-refractivity contribution < 1.29 is 67.0 Å². The Labute approximate surface area is 286 Å². The van der Waals surface area contributed by atoms with Crippen molar-refractivity contribution in [2.75, 3.05) is 0 Å². The van der Waals surface area contributed by atoms with E-state index in [4.69, 9.17) is 33.2 Å². The van der Waals surface area contributed by atoms with E-state index in [2.05, 4.69) is 6.58 Å². The molecule has 0 aromatic carbocycles. The number of hydrogen-bond acceptors (Lipinski definition) is 14. The molecule has 5 rings (SSSR count). The third-order valence-electron chi connectivity index (χ3n) is 8.62. The van der Waals surface area contributed by atoms with Crippen LogP contribution in [0.3, 0.4) is 0 Å². The number of hydrogen-bond donors (Lipinski definition) is 1. The number of allylic oxidation sites excluding steroid dienone is 9. The molecule has 1 atom stereocenters. The first-order valence-electron chi connectivity index (χ1n) is 15.8. The van der Waals surface area contributed by atoms with Crippen LogP contribution in [0.4, 0.5) is 0 Å². The van der Waals surface area contributed by atoms with Gasteiger partial charge in [-0.05, 0) is 38.0 Å². The molecule has 262 valence electrons. The number of carbonyl (C=O) groups excluding carboxylic acids is 6. The first-order valence-corrected chi connectivity index (χ1v) is 15.8. The SMILES string of the molecule is C=C(OC=C=O)C1CCCCC12OC(=O)C(=CC=CC=CC1=C(O)OC3(CCC4(CC3)OC(=O)C(=CC=CC=CC)C(=O)O4)OC1=O)C(=O)O2. The molecule has 5 aliphatic rings. The lowest BCUT2D eigenvalue weighted by molar-refractivity contribution is -0.297. The van der Waals surface area contributed by atoms with Crippen molar-refractivity contribution in [3.8, 4) is 0 Å². The number of aliphatic hydroxyl groups excluding tert-OH is 1. The minimum Gasteiger partial charge on any atom is -0.480 e. The molecular weight excluding hydrogens is 656 g/mol. The summed E-state index contributed by atoms with van der Waals surface area (Å²) in [6.45, 7) is 5.58. The summed E-state index contributed by atoms with van der Waals surface area (Å²) in [5.41, 5.74) is -0.952. The standard InChI is InChI=1S/C36H34O14/c1-3-4-5-7-12-24-28(38)45-34(46-29(24)39)17-19-35(20-18-34)47-30(40)25(31(41)48-35)13-8-6-9-14-26-32(42)49-36(50-33(26)43)16-11-10-15-27(36)23(2)44-22-21-37/h3-9,12-14,22,27,40H,2,10-11,15-20H2,1H3. The Hall–Kier alpha value is -5.88. The van der Waals surface area contributed by atoms with Crippen molar-refractivity contribution in [2.45, 2.75) is 75.7 Å². The number of carbonyl (C=O) groups is 5. The Morgan fingerprint density at radius 3 is 1.84 bits per heavy atom. The topological polar surface area (TPSA) is 187 Å². The summed E-state index contributed by atoms with van der Waals surface area (Å²) in [6, 6.07) is 0. The third-order valence-corrected chi connectivity index (χ3v) is 8.62. The first kappa shape index (κ1) is 35.4. The Morgan fingerprint density at radius 2 is 1.28 bits per heavy atom. The second-order valence-corrected chi connectivity index (χ2v) is 11.8. The van der Waals surface area contributed by atoms with Crippen LogP contribution in [0.1, 0.15) is 58.3 Å². The lowest BCUT2D eigenvalue weighted by Gasteiger charge is -2.46. The minimum absolute atomic E-state index is 0.0536. The van der Waals surface area contributed by atoms with E-state index in [1.165, 1.54) is 48.5 Å². The molecule has 0 radical (unpaired) electrons. The highest BCUT2D eigenvalue weighted by Gasteiger charge is 2.56. The van der Waals surface area contributed by atoms with E-state index < -0.39 is 59.1 Å². The van der Waals surface area contributed by atoms with Gasteiger partial charge in [-0.25, -0.2) is 28.8 Å². The van der Waals surface area contributed by atoms with Crippen LogP contribution in [-0.4, -0.2) is 58.3 Å². The highest BCUT2D eigenvalue weighted by atomic mass is 16.8. The van der Waals surface area contributed by atoms with Gasteiger partial charge < -0.3 is 38.3 Å². The predicted molar refractivity (Wildman–Crippen MR) is 169 cm³/mol. The van der Waals surface area contributed by atoms with Gasteiger partial charge in [-0.15, -0.1) is 0 Å². The molecular formula is C36H34O14. The molecule has 1 N–H and O–H groups in total. The van der Waals surface area contributed by atoms with Crippen molar-refractivity contribution in [1.29, 1.82) is 0 Å². The maximum absolute atomic E-state index is 12.9. The summed E-state index contributed by atoms with van der Waals surface area (Å²) in [5.74, 6) is -9.00. The van der Waals surface area contributed by atoms with Crippen LogP contribution in [0, 0.1) is 5.92 Å². The second kappa shape index (κ2) is 14.7. The average molecular weight is 691 g/mol. The van der Waals surface area contributed by atoms with E-state index in [0.717, 1.165) is 12.7 Å². The van der Waals surface area contributed by atoms with Crippen LogP contribution in [0.25, 0.3) is 0 Å². The van der Waals surface area contributed by atoms with Crippen LogP contribution in [0.5, 0.6) is 0 Å². The van der Waals surface area contributed by atoms with Crippen LogP contribution in [0.2, 0.25) is 0 Å². The summed E-state index contributed by atoms with van der Waals surface area (Å²) in [6.07, 6.45) is 16.9. The molecule has 3 heterocycles. The van der Waals surface area contributed by atoms with E-state index in [0.29, 0.717) is 12.8 Å². The summed E-state index contributed by atoms with van der Waals surface area (Å²) >= 11 is 0. The summed E-state index contributed by atoms with van der Waals surface area (Å²) in [5, 5.41) is 10.6. The van der Waals surface area contributed by atoms with Gasteiger partial charge in [0.05, 0.1) is 5.92 Å². The van der Waals surface area contributed by atoms with Crippen LogP contribution >= 0.6 is 0 Å². The maximum Gasteiger partial charge on any atom is 0.348 e. The third kappa shape index (κ3) is 7.40. The van der Waals surface area contributed by atoms with Crippen molar-refractivity contribution in [2.24, 2.45) is 5.92 Å². The lowest BCUT2D eigenvalue weighted by Crippen LogP contribution is -2.54. The summed E-state index contributed by atoms with van der Waals surface area (Å²) in [4.78, 5) is 74.2. The van der Waals surface area contributed by atoms with E-state index in [9.17, 15) is 33.9 Å². The largest absolute Gasteiger partial charge is 0.480 e.